The first-order valence-electron chi connectivity index (χ1n) is 3.50. The van der Waals surface area contributed by atoms with E-state index in [1.54, 1.807) is 4.68 Å². The quantitative estimate of drug-likeness (QED) is 0.813. The van der Waals surface area contributed by atoms with Gasteiger partial charge < -0.3 is 5.32 Å². The molecule has 1 N–H and O–H groups in total. The lowest BCUT2D eigenvalue weighted by molar-refractivity contribution is 0.629. The molecule has 0 radical (unpaired) electrons. The molecule has 0 amide bonds. The SMILES string of the molecule is CCNCc1c(Br)nnn1C. The molecule has 0 fully saturated rings. The smallest absolute Gasteiger partial charge is 0.152 e. The molecular weight excluding hydrogens is 208 g/mol. The molecular formula is C6H11BrN4. The molecule has 0 saturated carbocycles. The molecule has 4 nitrogen and oxygen atoms in total. The van der Waals surface area contributed by atoms with E-state index in [1.807, 2.05) is 7.05 Å². The number of aryl methyl sites for hydroxylation is 1. The van der Waals surface area contributed by atoms with Gasteiger partial charge in [0.25, 0.3) is 0 Å². The topological polar surface area (TPSA) is 42.7 Å². The third-order valence-corrected chi connectivity index (χ3v) is 2.05. The van der Waals surface area contributed by atoms with E-state index in [0.29, 0.717) is 0 Å². The number of rotatable bonds is 3. The van der Waals surface area contributed by atoms with Crippen LogP contribution >= 0.6 is 15.9 Å². The molecule has 0 saturated heterocycles. The van der Waals surface area contributed by atoms with Gasteiger partial charge in [-0.05, 0) is 22.5 Å². The van der Waals surface area contributed by atoms with Crippen molar-refractivity contribution in [1.29, 1.82) is 0 Å². The van der Waals surface area contributed by atoms with Crippen LogP contribution in [0.5, 0.6) is 0 Å². The predicted molar refractivity (Wildman–Crippen MR) is 46.1 cm³/mol. The molecule has 1 aromatic rings. The minimum Gasteiger partial charge on any atom is -0.311 e. The second-order valence-corrected chi connectivity index (χ2v) is 2.98. The van der Waals surface area contributed by atoms with Crippen molar-refractivity contribution in [2.75, 3.05) is 6.54 Å². The van der Waals surface area contributed by atoms with Crippen molar-refractivity contribution in [3.63, 3.8) is 0 Å². The summed E-state index contributed by atoms with van der Waals surface area (Å²) in [7, 11) is 1.88. The third kappa shape index (κ3) is 2.00. The summed E-state index contributed by atoms with van der Waals surface area (Å²) in [6.07, 6.45) is 0. The Labute approximate surface area is 74.1 Å². The number of hydrogen-bond acceptors (Lipinski definition) is 3. The lowest BCUT2D eigenvalue weighted by Crippen LogP contribution is -2.14. The zero-order valence-electron chi connectivity index (χ0n) is 6.63. The van der Waals surface area contributed by atoms with Gasteiger partial charge in [-0.2, -0.15) is 0 Å². The van der Waals surface area contributed by atoms with E-state index >= 15 is 0 Å². The Morgan fingerprint density at radius 1 is 1.64 bits per heavy atom. The van der Waals surface area contributed by atoms with Crippen LogP contribution in [0.25, 0.3) is 0 Å². The summed E-state index contributed by atoms with van der Waals surface area (Å²) in [5.74, 6) is 0. The van der Waals surface area contributed by atoms with Crippen molar-refractivity contribution in [2.24, 2.45) is 7.05 Å². The van der Waals surface area contributed by atoms with Crippen LogP contribution in [0.2, 0.25) is 0 Å². The third-order valence-electron chi connectivity index (χ3n) is 1.44. The number of nitrogens with one attached hydrogen (secondary N) is 1. The zero-order valence-corrected chi connectivity index (χ0v) is 8.22. The van der Waals surface area contributed by atoms with Crippen molar-refractivity contribution in [3.8, 4) is 0 Å². The van der Waals surface area contributed by atoms with Gasteiger partial charge in [0.2, 0.25) is 0 Å². The van der Waals surface area contributed by atoms with Crippen molar-refractivity contribution >= 4 is 15.9 Å². The lowest BCUT2D eigenvalue weighted by atomic mass is 10.4. The fourth-order valence-corrected chi connectivity index (χ4v) is 1.25. The summed E-state index contributed by atoms with van der Waals surface area (Å²) >= 11 is 3.31. The molecule has 0 aliphatic carbocycles. The van der Waals surface area contributed by atoms with Gasteiger partial charge in [0.1, 0.15) is 0 Å². The van der Waals surface area contributed by atoms with Gasteiger partial charge in [-0.15, -0.1) is 5.10 Å². The largest absolute Gasteiger partial charge is 0.311 e. The van der Waals surface area contributed by atoms with Crippen molar-refractivity contribution in [2.45, 2.75) is 13.5 Å². The number of aromatic nitrogens is 3. The molecule has 0 atom stereocenters. The monoisotopic (exact) mass is 218 g/mol. The molecule has 1 rings (SSSR count). The van der Waals surface area contributed by atoms with Crippen LogP contribution in [0, 0.1) is 0 Å². The Bertz CT molecular complexity index is 213. The Kier molecular flexibility index (Phi) is 3.02. The summed E-state index contributed by atoms with van der Waals surface area (Å²) in [4.78, 5) is 0. The van der Waals surface area contributed by atoms with Crippen molar-refractivity contribution in [1.82, 2.24) is 20.3 Å². The highest BCUT2D eigenvalue weighted by molar-refractivity contribution is 9.10. The minimum absolute atomic E-state index is 0.806. The molecule has 0 aliphatic heterocycles. The Balaban J connectivity index is 2.67. The van der Waals surface area contributed by atoms with Gasteiger partial charge in [0, 0.05) is 13.6 Å². The fourth-order valence-electron chi connectivity index (χ4n) is 0.782. The number of nitrogens with zero attached hydrogens (tertiary/aromatic N) is 3. The standard InChI is InChI=1S/C6H11BrN4/c1-3-8-4-5-6(7)9-10-11(5)2/h8H,3-4H2,1-2H3. The molecule has 0 aliphatic rings. The average Bonchev–Trinajstić information content (AvgIpc) is 2.29. The number of halogens is 1. The number of hydrogen-bond donors (Lipinski definition) is 1. The second-order valence-electron chi connectivity index (χ2n) is 2.23. The highest BCUT2D eigenvalue weighted by atomic mass is 79.9. The molecule has 0 aromatic carbocycles. The second kappa shape index (κ2) is 3.82. The van der Waals surface area contributed by atoms with Crippen molar-refractivity contribution in [3.05, 3.63) is 10.3 Å². The summed E-state index contributed by atoms with van der Waals surface area (Å²) in [5, 5.41) is 10.9. The maximum Gasteiger partial charge on any atom is 0.152 e. The van der Waals surface area contributed by atoms with E-state index in [9.17, 15) is 0 Å². The van der Waals surface area contributed by atoms with Gasteiger partial charge in [-0.1, -0.05) is 12.1 Å². The average molecular weight is 219 g/mol. The van der Waals surface area contributed by atoms with Crippen molar-refractivity contribution < 1.29 is 0 Å². The van der Waals surface area contributed by atoms with Crippen LogP contribution in [0.3, 0.4) is 0 Å². The highest BCUT2D eigenvalue weighted by Gasteiger charge is 2.05. The summed E-state index contributed by atoms with van der Waals surface area (Å²) in [6, 6.07) is 0. The van der Waals surface area contributed by atoms with E-state index in [4.69, 9.17) is 0 Å². The van der Waals surface area contributed by atoms with E-state index in [2.05, 4.69) is 38.5 Å². The van der Waals surface area contributed by atoms with Gasteiger partial charge in [-0.3, -0.25) is 0 Å². The summed E-state index contributed by atoms with van der Waals surface area (Å²) in [6.45, 7) is 3.83. The highest BCUT2D eigenvalue weighted by Crippen LogP contribution is 2.10. The Hall–Kier alpha value is -0.420. The zero-order chi connectivity index (χ0) is 8.27. The molecule has 1 heterocycles. The van der Waals surface area contributed by atoms with Crippen LogP contribution < -0.4 is 5.32 Å². The minimum atomic E-state index is 0.806. The summed E-state index contributed by atoms with van der Waals surface area (Å²) in [5.41, 5.74) is 1.08. The van der Waals surface area contributed by atoms with Crippen LogP contribution in [-0.4, -0.2) is 21.5 Å². The first kappa shape index (κ1) is 8.67. The van der Waals surface area contributed by atoms with E-state index in [0.717, 1.165) is 23.4 Å². The molecule has 5 heteroatoms. The normalized spacial score (nSPS) is 10.5. The molecule has 0 unspecified atom stereocenters. The molecule has 1 aromatic heterocycles. The van der Waals surface area contributed by atoms with Gasteiger partial charge >= 0.3 is 0 Å². The van der Waals surface area contributed by atoms with Crippen LogP contribution in [0.4, 0.5) is 0 Å². The van der Waals surface area contributed by atoms with Gasteiger partial charge in [-0.25, -0.2) is 4.68 Å². The molecule has 0 bridgehead atoms. The maximum atomic E-state index is 3.86. The lowest BCUT2D eigenvalue weighted by Gasteiger charge is -2.00. The summed E-state index contributed by atoms with van der Waals surface area (Å²) < 4.78 is 2.58. The molecule has 62 valence electrons. The van der Waals surface area contributed by atoms with E-state index in [-0.39, 0.29) is 0 Å². The first-order valence-corrected chi connectivity index (χ1v) is 4.29. The predicted octanol–water partition coefficient (Wildman–Crippen LogP) is 0.687. The van der Waals surface area contributed by atoms with E-state index < -0.39 is 0 Å². The van der Waals surface area contributed by atoms with E-state index in [1.165, 1.54) is 0 Å². The Morgan fingerprint density at radius 3 is 2.82 bits per heavy atom. The van der Waals surface area contributed by atoms with Crippen LogP contribution in [0.1, 0.15) is 12.6 Å². The molecule has 0 spiro atoms. The fraction of sp³-hybridized carbons (Fsp3) is 0.667. The maximum absolute atomic E-state index is 3.86. The molecule has 11 heavy (non-hydrogen) atoms. The van der Waals surface area contributed by atoms with Crippen LogP contribution in [0.15, 0.2) is 4.60 Å². The Morgan fingerprint density at radius 2 is 2.36 bits per heavy atom. The first-order chi connectivity index (χ1) is 5.25. The van der Waals surface area contributed by atoms with Gasteiger partial charge in [0.15, 0.2) is 4.60 Å². The van der Waals surface area contributed by atoms with Gasteiger partial charge in [0.05, 0.1) is 5.69 Å². The van der Waals surface area contributed by atoms with Crippen LogP contribution in [-0.2, 0) is 13.6 Å².